The largest absolute Gasteiger partial charge is 0.340 e. The molecule has 0 spiro atoms. The number of fused-ring (bicyclic) bond motifs is 7. The summed E-state index contributed by atoms with van der Waals surface area (Å²) in [5, 5.41) is 2.76. The molecule has 0 N–H and O–H groups in total. The van der Waals surface area contributed by atoms with Crippen molar-refractivity contribution in [2.75, 3.05) is 6.54 Å². The Balaban J connectivity index is 1.02. The summed E-state index contributed by atoms with van der Waals surface area (Å²) in [6.07, 6.45) is 25.1. The van der Waals surface area contributed by atoms with E-state index in [0.717, 1.165) is 13.1 Å². The number of unbranched alkanes of at least 4 members (excludes halogenated alkanes) is 10. The fourth-order valence-corrected chi connectivity index (χ4v) is 10.7. The molecule has 1 aliphatic heterocycles. The molecule has 2 aliphatic rings. The second-order valence-corrected chi connectivity index (χ2v) is 16.6. The number of aromatic nitrogens is 1. The smallest absolute Gasteiger partial charge is 0.209 e. The lowest BCUT2D eigenvalue weighted by molar-refractivity contribution is -0.437. The van der Waals surface area contributed by atoms with Crippen molar-refractivity contribution >= 4 is 65.3 Å². The summed E-state index contributed by atoms with van der Waals surface area (Å²) >= 11 is 3.89. The highest BCUT2D eigenvalue weighted by molar-refractivity contribution is 7.31. The zero-order chi connectivity index (χ0) is 33.9. The number of rotatable bonds is 16. The van der Waals surface area contributed by atoms with Crippen molar-refractivity contribution in [1.82, 2.24) is 4.57 Å². The van der Waals surface area contributed by atoms with Crippen LogP contribution in [-0.2, 0) is 6.54 Å². The Kier molecular flexibility index (Phi) is 10.2. The summed E-state index contributed by atoms with van der Waals surface area (Å²) in [6.45, 7) is 6.80. The van der Waals surface area contributed by atoms with Gasteiger partial charge in [-0.3, -0.25) is 0 Å². The van der Waals surface area contributed by atoms with Gasteiger partial charge in [-0.15, -0.1) is 22.7 Å². The summed E-state index contributed by atoms with van der Waals surface area (Å²) in [7, 11) is 0. The summed E-state index contributed by atoms with van der Waals surface area (Å²) in [5.74, 6) is 0.370. The Morgan fingerprint density at radius 2 is 1.28 bits per heavy atom. The average molecular weight is 696 g/mol. The van der Waals surface area contributed by atoms with Gasteiger partial charge in [0.05, 0.1) is 5.92 Å². The lowest BCUT2D eigenvalue weighted by Gasteiger charge is -2.08. The Morgan fingerprint density at radius 3 is 2.06 bits per heavy atom. The van der Waals surface area contributed by atoms with Gasteiger partial charge in [-0.2, -0.15) is 4.58 Å². The van der Waals surface area contributed by atoms with Crippen LogP contribution in [0.2, 0.25) is 0 Å². The van der Waals surface area contributed by atoms with Crippen molar-refractivity contribution in [3.05, 3.63) is 103 Å². The van der Waals surface area contributed by atoms with E-state index in [4.69, 9.17) is 0 Å². The Labute approximate surface area is 306 Å². The summed E-state index contributed by atoms with van der Waals surface area (Å²) < 4.78 is 7.95. The maximum absolute atomic E-state index is 2.60. The van der Waals surface area contributed by atoms with Crippen LogP contribution in [0.15, 0.2) is 97.1 Å². The van der Waals surface area contributed by atoms with E-state index in [1.54, 1.807) is 0 Å². The topological polar surface area (TPSA) is 7.94 Å². The molecule has 0 bridgehead atoms. The molecular weight excluding hydrogens is 645 g/mol. The van der Waals surface area contributed by atoms with Gasteiger partial charge < -0.3 is 4.57 Å². The van der Waals surface area contributed by atoms with Crippen LogP contribution >= 0.6 is 22.7 Å². The van der Waals surface area contributed by atoms with E-state index in [1.807, 2.05) is 22.7 Å². The molecule has 3 aromatic carbocycles. The van der Waals surface area contributed by atoms with Crippen LogP contribution in [0.25, 0.3) is 52.1 Å². The zero-order valence-corrected chi connectivity index (χ0v) is 31.6. The Bertz CT molecular complexity index is 2190. The van der Waals surface area contributed by atoms with Crippen LogP contribution in [0.4, 0.5) is 5.69 Å². The van der Waals surface area contributed by atoms with Gasteiger partial charge in [0, 0.05) is 71.6 Å². The number of para-hydroxylation sites is 1. The van der Waals surface area contributed by atoms with E-state index in [1.165, 1.54) is 146 Å². The molecular formula is C46H51N2S2+. The minimum absolute atomic E-state index is 0.370. The normalized spacial score (nSPS) is 15.3. The maximum Gasteiger partial charge on any atom is 0.209 e. The third-order valence-electron chi connectivity index (χ3n) is 11.0. The number of hydrogen-bond acceptors (Lipinski definition) is 2. The van der Waals surface area contributed by atoms with Crippen molar-refractivity contribution in [1.29, 1.82) is 0 Å². The van der Waals surface area contributed by atoms with Gasteiger partial charge in [0.2, 0.25) is 5.69 Å². The van der Waals surface area contributed by atoms with Crippen LogP contribution in [0.5, 0.6) is 0 Å². The molecule has 4 heterocycles. The minimum atomic E-state index is 0.370. The van der Waals surface area contributed by atoms with Gasteiger partial charge in [0.15, 0.2) is 5.71 Å². The first-order chi connectivity index (χ1) is 24.7. The number of allylic oxidation sites excluding steroid dienone is 4. The van der Waals surface area contributed by atoms with Crippen molar-refractivity contribution in [2.24, 2.45) is 0 Å². The first kappa shape index (κ1) is 33.4. The first-order valence-corrected chi connectivity index (χ1v) is 21.0. The molecule has 0 radical (unpaired) electrons. The Hall–Kier alpha value is -3.73. The maximum atomic E-state index is 2.60. The van der Waals surface area contributed by atoms with Crippen molar-refractivity contribution in [3.63, 3.8) is 0 Å². The molecule has 2 nitrogen and oxygen atoms in total. The third-order valence-corrected chi connectivity index (χ3v) is 13.4. The number of nitrogens with zero attached hydrogens (tertiary/aromatic N) is 2. The van der Waals surface area contributed by atoms with Gasteiger partial charge in [-0.05, 0) is 66.4 Å². The lowest BCUT2D eigenvalue weighted by Crippen LogP contribution is -2.16. The fourth-order valence-electron chi connectivity index (χ4n) is 8.31. The molecule has 8 rings (SSSR count). The van der Waals surface area contributed by atoms with Gasteiger partial charge in [-0.1, -0.05) is 114 Å². The average Bonchev–Trinajstić information content (AvgIpc) is 3.90. The van der Waals surface area contributed by atoms with Crippen LogP contribution < -0.4 is 0 Å². The second-order valence-electron chi connectivity index (χ2n) is 14.5. The van der Waals surface area contributed by atoms with E-state index in [9.17, 15) is 0 Å². The van der Waals surface area contributed by atoms with Gasteiger partial charge >= 0.3 is 0 Å². The molecule has 0 saturated heterocycles. The second kappa shape index (κ2) is 15.3. The molecule has 0 amide bonds. The van der Waals surface area contributed by atoms with Crippen LogP contribution in [0.3, 0.4) is 0 Å². The van der Waals surface area contributed by atoms with E-state index in [0.29, 0.717) is 5.92 Å². The molecule has 1 unspecified atom stereocenters. The molecule has 0 fully saturated rings. The monoisotopic (exact) mass is 695 g/mol. The standard InChI is InChI=1S/C46H51N2S2/c1-3-5-7-9-11-17-27-47-39-21-15-13-19-35(39)37-29-33(23-25-41(37)47)43-31-45-46(49-43)32-44(50-45)34-24-26-42-38(30-34)36-20-14-16-22-40(36)48(42)28-18-12-10-8-6-4-2/h13-16,19-26,29-32,35H,3-12,17-18,27-28H2,1-2H3/q+1. The van der Waals surface area contributed by atoms with Crippen molar-refractivity contribution < 1.29 is 4.58 Å². The van der Waals surface area contributed by atoms with Crippen LogP contribution in [0, 0.1) is 0 Å². The summed E-state index contributed by atoms with van der Waals surface area (Å²) in [4.78, 5) is 2.74. The van der Waals surface area contributed by atoms with Crippen LogP contribution in [-0.4, -0.2) is 21.4 Å². The van der Waals surface area contributed by atoms with Crippen LogP contribution in [0.1, 0.15) is 102 Å². The molecule has 4 heteroatoms. The summed E-state index contributed by atoms with van der Waals surface area (Å²) in [5.41, 5.74) is 9.74. The van der Waals surface area contributed by atoms with E-state index in [-0.39, 0.29) is 0 Å². The highest BCUT2D eigenvalue weighted by Gasteiger charge is 2.37. The molecule has 256 valence electrons. The predicted octanol–water partition coefficient (Wildman–Crippen LogP) is 14.4. The Morgan fingerprint density at radius 1 is 0.620 bits per heavy atom. The SMILES string of the molecule is CCCCCCCCn1c2ccccc2c2cc(-c3cc4sc(-c5ccc6c(c5)C5C=CC=CC5=[N+]6CCCCCCCC)cc4s3)ccc21. The van der Waals surface area contributed by atoms with Gasteiger partial charge in [-0.25, -0.2) is 0 Å². The van der Waals surface area contributed by atoms with Crippen molar-refractivity contribution in [2.45, 2.75) is 103 Å². The van der Waals surface area contributed by atoms with E-state index >= 15 is 0 Å². The molecule has 50 heavy (non-hydrogen) atoms. The quantitative estimate of drug-likeness (QED) is 0.0703. The zero-order valence-electron chi connectivity index (χ0n) is 29.9. The molecule has 6 aromatic rings. The van der Waals surface area contributed by atoms with Gasteiger partial charge in [0.25, 0.3) is 0 Å². The number of thiophene rings is 2. The predicted molar refractivity (Wildman–Crippen MR) is 221 cm³/mol. The number of benzene rings is 3. The highest BCUT2D eigenvalue weighted by atomic mass is 32.1. The van der Waals surface area contributed by atoms with Gasteiger partial charge in [0.1, 0.15) is 6.54 Å². The first-order valence-electron chi connectivity index (χ1n) is 19.4. The summed E-state index contributed by atoms with van der Waals surface area (Å²) in [6, 6.07) is 28.3. The third kappa shape index (κ3) is 6.58. The number of hydrogen-bond donors (Lipinski definition) is 0. The molecule has 0 saturated carbocycles. The van der Waals surface area contributed by atoms with E-state index < -0.39 is 0 Å². The molecule has 3 aromatic heterocycles. The lowest BCUT2D eigenvalue weighted by atomic mass is 9.91. The fraction of sp³-hybridized carbons (Fsp3) is 0.370. The molecule has 1 aliphatic carbocycles. The molecule has 1 atom stereocenters. The van der Waals surface area contributed by atoms with E-state index in [2.05, 4.69) is 120 Å². The minimum Gasteiger partial charge on any atom is -0.340 e. The number of aryl methyl sites for hydroxylation is 1. The van der Waals surface area contributed by atoms with Crippen molar-refractivity contribution in [3.8, 4) is 20.9 Å². The highest BCUT2D eigenvalue weighted by Crippen LogP contribution is 2.45.